The lowest BCUT2D eigenvalue weighted by atomic mass is 9.75. The second-order valence-corrected chi connectivity index (χ2v) is 4.60. The van der Waals surface area contributed by atoms with Crippen molar-refractivity contribution < 1.29 is 5.21 Å². The van der Waals surface area contributed by atoms with Crippen molar-refractivity contribution in [1.82, 2.24) is 5.06 Å². The molecule has 0 radical (unpaired) electrons. The lowest BCUT2D eigenvalue weighted by Gasteiger charge is -2.38. The molecule has 2 aliphatic carbocycles. The Bertz CT molecular complexity index is 248. The van der Waals surface area contributed by atoms with Crippen LogP contribution in [0.3, 0.4) is 0 Å². The summed E-state index contributed by atoms with van der Waals surface area (Å²) in [5.41, 5.74) is 1.62. The van der Waals surface area contributed by atoms with Crippen LogP contribution in [0, 0.1) is 11.8 Å². The summed E-state index contributed by atoms with van der Waals surface area (Å²) in [4.78, 5) is 0. The highest BCUT2D eigenvalue weighted by Crippen LogP contribution is 2.50. The highest BCUT2D eigenvalue weighted by Gasteiger charge is 2.50. The number of fused-ring (bicyclic) bond motifs is 1. The standard InChI is InChI=1S/C10H15NO/c1-6-2-7-4-10-9(7)5-8(3-6)11(10)12/h2,6,8-10,12H,3-5H2,1H3. The molecule has 4 unspecified atom stereocenters. The summed E-state index contributed by atoms with van der Waals surface area (Å²) in [6.07, 6.45) is 5.92. The topological polar surface area (TPSA) is 23.5 Å². The van der Waals surface area contributed by atoms with Gasteiger partial charge in [-0.25, -0.2) is 0 Å². The number of allylic oxidation sites excluding steroid dienone is 1. The molecule has 0 aromatic heterocycles. The lowest BCUT2D eigenvalue weighted by molar-refractivity contribution is -0.148. The Labute approximate surface area is 72.8 Å². The Morgan fingerprint density at radius 1 is 1.50 bits per heavy atom. The van der Waals surface area contributed by atoms with Gasteiger partial charge in [-0.2, -0.15) is 5.06 Å². The van der Waals surface area contributed by atoms with E-state index in [9.17, 15) is 5.21 Å². The molecule has 4 atom stereocenters. The number of hydrogen-bond acceptors (Lipinski definition) is 2. The van der Waals surface area contributed by atoms with Gasteiger partial charge in [0, 0.05) is 12.1 Å². The van der Waals surface area contributed by atoms with Gasteiger partial charge in [0.05, 0.1) is 0 Å². The van der Waals surface area contributed by atoms with Gasteiger partial charge in [0.1, 0.15) is 0 Å². The van der Waals surface area contributed by atoms with Crippen LogP contribution in [0.2, 0.25) is 0 Å². The van der Waals surface area contributed by atoms with Crippen molar-refractivity contribution in [3.8, 4) is 0 Å². The average Bonchev–Trinajstić information content (AvgIpc) is 2.13. The molecule has 1 heterocycles. The summed E-state index contributed by atoms with van der Waals surface area (Å²) in [6.45, 7) is 2.26. The van der Waals surface area contributed by atoms with Crippen LogP contribution >= 0.6 is 0 Å². The maximum Gasteiger partial charge on any atom is 0.0456 e. The first-order chi connectivity index (χ1) is 5.75. The summed E-state index contributed by atoms with van der Waals surface area (Å²) < 4.78 is 0. The van der Waals surface area contributed by atoms with Crippen LogP contribution in [-0.4, -0.2) is 22.4 Å². The first-order valence-corrected chi connectivity index (χ1v) is 4.93. The third-order valence-corrected chi connectivity index (χ3v) is 3.77. The Balaban J connectivity index is 1.98. The zero-order chi connectivity index (χ0) is 8.29. The van der Waals surface area contributed by atoms with Crippen LogP contribution in [-0.2, 0) is 0 Å². The molecule has 0 aromatic rings. The number of hydrogen-bond donors (Lipinski definition) is 1. The molecule has 1 aliphatic heterocycles. The molecule has 2 nitrogen and oxygen atoms in total. The van der Waals surface area contributed by atoms with Crippen molar-refractivity contribution in [2.75, 3.05) is 0 Å². The van der Waals surface area contributed by atoms with E-state index in [-0.39, 0.29) is 0 Å². The third-order valence-electron chi connectivity index (χ3n) is 3.77. The Kier molecular flexibility index (Phi) is 1.25. The van der Waals surface area contributed by atoms with E-state index in [1.807, 2.05) is 0 Å². The SMILES string of the molecule is CC1C=C2CC3C2CC(C1)N3O. The molecular weight excluding hydrogens is 150 g/mol. The van der Waals surface area contributed by atoms with Gasteiger partial charge in [0.2, 0.25) is 0 Å². The zero-order valence-electron chi connectivity index (χ0n) is 7.40. The molecular formula is C10H15NO. The highest BCUT2D eigenvalue weighted by molar-refractivity contribution is 5.27. The average molecular weight is 165 g/mol. The molecule has 0 spiro atoms. The molecule has 2 fully saturated rings. The van der Waals surface area contributed by atoms with E-state index in [1.54, 1.807) is 10.6 Å². The second-order valence-electron chi connectivity index (χ2n) is 4.60. The molecule has 2 bridgehead atoms. The fraction of sp³-hybridized carbons (Fsp3) is 0.800. The van der Waals surface area contributed by atoms with Gasteiger partial charge in [-0.1, -0.05) is 18.6 Å². The fourth-order valence-corrected chi connectivity index (χ4v) is 3.14. The maximum absolute atomic E-state index is 9.75. The predicted molar refractivity (Wildman–Crippen MR) is 45.8 cm³/mol. The van der Waals surface area contributed by atoms with Gasteiger partial charge in [-0.05, 0) is 31.1 Å². The van der Waals surface area contributed by atoms with Crippen molar-refractivity contribution in [2.45, 2.75) is 38.3 Å². The Morgan fingerprint density at radius 3 is 3.17 bits per heavy atom. The van der Waals surface area contributed by atoms with Gasteiger partial charge >= 0.3 is 0 Å². The number of nitrogens with zero attached hydrogens (tertiary/aromatic N) is 1. The van der Waals surface area contributed by atoms with Crippen molar-refractivity contribution in [3.63, 3.8) is 0 Å². The van der Waals surface area contributed by atoms with Crippen molar-refractivity contribution in [3.05, 3.63) is 11.6 Å². The predicted octanol–water partition coefficient (Wildman–Crippen LogP) is 1.80. The second kappa shape index (κ2) is 2.12. The van der Waals surface area contributed by atoms with Gasteiger partial charge in [0.15, 0.2) is 0 Å². The number of hydroxylamine groups is 2. The molecule has 12 heavy (non-hydrogen) atoms. The van der Waals surface area contributed by atoms with Crippen LogP contribution in [0.5, 0.6) is 0 Å². The molecule has 3 aliphatic rings. The minimum atomic E-state index is 0.450. The van der Waals surface area contributed by atoms with Crippen LogP contribution in [0.4, 0.5) is 0 Å². The monoisotopic (exact) mass is 165 g/mol. The largest absolute Gasteiger partial charge is 0.313 e. The molecule has 66 valence electrons. The first kappa shape index (κ1) is 7.10. The molecule has 1 saturated heterocycles. The Morgan fingerprint density at radius 2 is 2.33 bits per heavy atom. The highest BCUT2D eigenvalue weighted by atomic mass is 16.5. The molecule has 2 heteroatoms. The van der Waals surface area contributed by atoms with Gasteiger partial charge in [-0.15, -0.1) is 0 Å². The van der Waals surface area contributed by atoms with Crippen molar-refractivity contribution in [1.29, 1.82) is 0 Å². The van der Waals surface area contributed by atoms with E-state index in [0.717, 1.165) is 12.8 Å². The van der Waals surface area contributed by atoms with Crippen LogP contribution in [0.25, 0.3) is 0 Å². The van der Waals surface area contributed by atoms with E-state index >= 15 is 0 Å². The summed E-state index contributed by atoms with van der Waals surface area (Å²) in [5, 5.41) is 11.4. The summed E-state index contributed by atoms with van der Waals surface area (Å²) in [7, 11) is 0. The van der Waals surface area contributed by atoms with Crippen LogP contribution < -0.4 is 0 Å². The van der Waals surface area contributed by atoms with E-state index in [4.69, 9.17) is 0 Å². The normalized spacial score (nSPS) is 51.3. The Hall–Kier alpha value is -0.340. The van der Waals surface area contributed by atoms with Gasteiger partial charge < -0.3 is 5.21 Å². The molecule has 1 saturated carbocycles. The van der Waals surface area contributed by atoms with E-state index < -0.39 is 0 Å². The lowest BCUT2D eigenvalue weighted by Crippen LogP contribution is -2.43. The van der Waals surface area contributed by atoms with Crippen LogP contribution in [0.1, 0.15) is 26.2 Å². The van der Waals surface area contributed by atoms with Crippen LogP contribution in [0.15, 0.2) is 11.6 Å². The van der Waals surface area contributed by atoms with Crippen molar-refractivity contribution in [2.24, 2.45) is 11.8 Å². The smallest absolute Gasteiger partial charge is 0.0456 e. The first-order valence-electron chi connectivity index (χ1n) is 4.93. The van der Waals surface area contributed by atoms with E-state index in [1.165, 1.54) is 6.42 Å². The summed E-state index contributed by atoms with van der Waals surface area (Å²) in [6, 6.07) is 0.931. The third kappa shape index (κ3) is 0.723. The minimum Gasteiger partial charge on any atom is -0.313 e. The summed E-state index contributed by atoms with van der Waals surface area (Å²) >= 11 is 0. The minimum absolute atomic E-state index is 0.450. The quantitative estimate of drug-likeness (QED) is 0.553. The molecule has 3 rings (SSSR count). The fourth-order valence-electron chi connectivity index (χ4n) is 3.14. The molecule has 0 aromatic carbocycles. The maximum atomic E-state index is 9.75. The molecule has 1 N–H and O–H groups in total. The van der Waals surface area contributed by atoms with Gasteiger partial charge in [0.25, 0.3) is 0 Å². The van der Waals surface area contributed by atoms with Crippen molar-refractivity contribution >= 4 is 0 Å². The van der Waals surface area contributed by atoms with Gasteiger partial charge in [-0.3, -0.25) is 0 Å². The van der Waals surface area contributed by atoms with E-state index in [2.05, 4.69) is 13.0 Å². The number of rotatable bonds is 0. The zero-order valence-corrected chi connectivity index (χ0v) is 7.40. The summed E-state index contributed by atoms with van der Waals surface area (Å²) in [5.74, 6) is 1.39. The van der Waals surface area contributed by atoms with E-state index in [0.29, 0.717) is 23.9 Å². The molecule has 0 amide bonds.